The molecule has 154 valence electrons. The van der Waals surface area contributed by atoms with Crippen LogP contribution in [0.15, 0.2) is 28.9 Å². The Labute approximate surface area is 171 Å². The molecule has 2 aromatic rings. The number of aromatic nitrogens is 2. The third kappa shape index (κ3) is 4.72. The number of ketones is 1. The molecule has 0 spiro atoms. The average Bonchev–Trinajstić information content (AvgIpc) is 3.36. The van der Waals surface area contributed by atoms with Gasteiger partial charge in [0.05, 0.1) is 22.5 Å². The van der Waals surface area contributed by atoms with E-state index in [2.05, 4.69) is 16.8 Å². The number of Topliss-reactive ketones (excluding diaryl/α,β-unsaturated/α-hetero) is 1. The normalized spacial score (nSPS) is 18.4. The van der Waals surface area contributed by atoms with E-state index in [1.54, 1.807) is 13.1 Å². The molecule has 1 atom stereocenters. The molecular formula is C20H29N3O3S2. The molecule has 0 N–H and O–H groups in total. The van der Waals surface area contributed by atoms with E-state index in [0.29, 0.717) is 19.6 Å². The molecule has 0 aromatic carbocycles. The zero-order chi connectivity index (χ0) is 20.1. The first kappa shape index (κ1) is 21.2. The lowest BCUT2D eigenvalue weighted by molar-refractivity contribution is 0.0812. The zero-order valence-corrected chi connectivity index (χ0v) is 18.3. The van der Waals surface area contributed by atoms with Crippen LogP contribution in [-0.4, -0.2) is 47.5 Å². The van der Waals surface area contributed by atoms with Crippen LogP contribution in [0.3, 0.4) is 0 Å². The van der Waals surface area contributed by atoms with Gasteiger partial charge < -0.3 is 4.57 Å². The maximum absolute atomic E-state index is 12.7. The number of piperidine rings is 1. The number of nitrogens with zero attached hydrogens (tertiary/aromatic N) is 3. The van der Waals surface area contributed by atoms with Crippen molar-refractivity contribution in [3.05, 3.63) is 34.3 Å². The van der Waals surface area contributed by atoms with Crippen molar-refractivity contribution in [3.63, 3.8) is 0 Å². The standard InChI is InChI=1S/C20H29N3O3S2/c1-3-5-11-23-17(13-21-20(23)28(25,26)4-2)15-22-10-6-8-16(14-22)19(24)18-9-7-12-27-18/h7,9,12-13,16H,3-6,8,10-11,14-15H2,1-2H3/t16-/m0/s1. The number of thiophene rings is 1. The Balaban J connectivity index is 1.76. The minimum atomic E-state index is -3.35. The molecule has 0 unspecified atom stereocenters. The van der Waals surface area contributed by atoms with Crippen molar-refractivity contribution < 1.29 is 13.2 Å². The van der Waals surface area contributed by atoms with E-state index in [9.17, 15) is 13.2 Å². The molecule has 2 aromatic heterocycles. The molecule has 0 amide bonds. The molecule has 1 saturated heterocycles. The van der Waals surface area contributed by atoms with Crippen molar-refractivity contribution >= 4 is 27.0 Å². The van der Waals surface area contributed by atoms with Crippen molar-refractivity contribution in [2.75, 3.05) is 18.8 Å². The highest BCUT2D eigenvalue weighted by atomic mass is 32.2. The second kappa shape index (κ2) is 9.33. The number of hydrogen-bond donors (Lipinski definition) is 0. The Morgan fingerprint density at radius 3 is 2.86 bits per heavy atom. The molecule has 0 radical (unpaired) electrons. The largest absolute Gasteiger partial charge is 0.318 e. The lowest BCUT2D eigenvalue weighted by Gasteiger charge is -2.32. The van der Waals surface area contributed by atoms with E-state index in [-0.39, 0.29) is 22.6 Å². The first-order valence-electron chi connectivity index (χ1n) is 10.0. The van der Waals surface area contributed by atoms with Gasteiger partial charge in [-0.05, 0) is 37.3 Å². The Morgan fingerprint density at radius 1 is 1.36 bits per heavy atom. The third-order valence-corrected chi connectivity index (χ3v) is 7.85. The van der Waals surface area contributed by atoms with Gasteiger partial charge in [0.15, 0.2) is 5.78 Å². The quantitative estimate of drug-likeness (QED) is 0.576. The van der Waals surface area contributed by atoms with Crippen LogP contribution in [0.1, 0.15) is 54.9 Å². The number of likely N-dealkylation sites (tertiary alicyclic amines) is 1. The second-order valence-electron chi connectivity index (χ2n) is 7.36. The zero-order valence-electron chi connectivity index (χ0n) is 16.6. The molecule has 1 fully saturated rings. The van der Waals surface area contributed by atoms with Crippen molar-refractivity contribution in [2.24, 2.45) is 5.92 Å². The fourth-order valence-electron chi connectivity index (χ4n) is 3.71. The molecule has 0 aliphatic carbocycles. The minimum Gasteiger partial charge on any atom is -0.318 e. The summed E-state index contributed by atoms with van der Waals surface area (Å²) >= 11 is 1.50. The number of carbonyl (C=O) groups is 1. The molecule has 8 heteroatoms. The summed E-state index contributed by atoms with van der Waals surface area (Å²) in [6.45, 7) is 6.67. The van der Waals surface area contributed by atoms with Crippen LogP contribution in [0.5, 0.6) is 0 Å². The van der Waals surface area contributed by atoms with Gasteiger partial charge in [0.25, 0.3) is 0 Å². The highest BCUT2D eigenvalue weighted by molar-refractivity contribution is 7.91. The van der Waals surface area contributed by atoms with Gasteiger partial charge >= 0.3 is 0 Å². The molecule has 3 heterocycles. The van der Waals surface area contributed by atoms with Crippen LogP contribution in [0, 0.1) is 5.92 Å². The number of rotatable bonds is 9. The van der Waals surface area contributed by atoms with E-state index in [1.165, 1.54) is 11.3 Å². The Morgan fingerprint density at radius 2 is 2.18 bits per heavy atom. The van der Waals surface area contributed by atoms with Crippen molar-refractivity contribution in [1.82, 2.24) is 14.5 Å². The summed E-state index contributed by atoms with van der Waals surface area (Å²) in [6.07, 6.45) is 5.49. The predicted octanol–water partition coefficient (Wildman–Crippen LogP) is 3.63. The number of sulfone groups is 1. The maximum atomic E-state index is 12.7. The van der Waals surface area contributed by atoms with Gasteiger partial charge in [-0.15, -0.1) is 11.3 Å². The van der Waals surface area contributed by atoms with Crippen LogP contribution in [0.25, 0.3) is 0 Å². The lowest BCUT2D eigenvalue weighted by Crippen LogP contribution is -2.38. The molecule has 0 saturated carbocycles. The van der Waals surface area contributed by atoms with Gasteiger partial charge in [0.1, 0.15) is 0 Å². The van der Waals surface area contributed by atoms with E-state index >= 15 is 0 Å². The Hall–Kier alpha value is -1.51. The summed E-state index contributed by atoms with van der Waals surface area (Å²) in [4.78, 5) is 20.1. The molecular weight excluding hydrogens is 394 g/mol. The summed E-state index contributed by atoms with van der Waals surface area (Å²) < 4.78 is 26.7. The summed E-state index contributed by atoms with van der Waals surface area (Å²) in [5.74, 6) is 0.295. The van der Waals surface area contributed by atoms with E-state index in [1.807, 2.05) is 22.1 Å². The van der Waals surface area contributed by atoms with Gasteiger partial charge in [0, 0.05) is 25.6 Å². The molecule has 28 heavy (non-hydrogen) atoms. The monoisotopic (exact) mass is 423 g/mol. The van der Waals surface area contributed by atoms with Crippen molar-refractivity contribution in [3.8, 4) is 0 Å². The third-order valence-electron chi connectivity index (χ3n) is 5.32. The molecule has 1 aliphatic rings. The molecule has 3 rings (SSSR count). The Bertz CT molecular complexity index is 888. The predicted molar refractivity (Wildman–Crippen MR) is 112 cm³/mol. The second-order valence-corrected chi connectivity index (χ2v) is 10.5. The lowest BCUT2D eigenvalue weighted by atomic mass is 9.93. The highest BCUT2D eigenvalue weighted by Crippen LogP contribution is 2.25. The number of carbonyl (C=O) groups excluding carboxylic acids is 1. The van der Waals surface area contributed by atoms with Crippen LogP contribution in [-0.2, 0) is 22.9 Å². The Kier molecular flexibility index (Phi) is 7.06. The summed E-state index contributed by atoms with van der Waals surface area (Å²) in [7, 11) is -3.35. The highest BCUT2D eigenvalue weighted by Gasteiger charge is 2.28. The van der Waals surface area contributed by atoms with E-state index in [4.69, 9.17) is 0 Å². The van der Waals surface area contributed by atoms with Gasteiger partial charge in [0.2, 0.25) is 15.0 Å². The molecule has 0 bridgehead atoms. The maximum Gasteiger partial charge on any atom is 0.227 e. The summed E-state index contributed by atoms with van der Waals surface area (Å²) in [5, 5.41) is 2.12. The smallest absolute Gasteiger partial charge is 0.227 e. The fraction of sp³-hybridized carbons (Fsp3) is 0.600. The topological polar surface area (TPSA) is 72.3 Å². The van der Waals surface area contributed by atoms with Gasteiger partial charge in [-0.25, -0.2) is 13.4 Å². The van der Waals surface area contributed by atoms with Crippen LogP contribution < -0.4 is 0 Å². The first-order valence-corrected chi connectivity index (χ1v) is 12.6. The molecule has 1 aliphatic heterocycles. The SMILES string of the molecule is CCCCn1c(CN2CCC[C@H](C(=O)c3cccs3)C2)cnc1S(=O)(=O)CC. The number of unbranched alkanes of at least 4 members (excludes halogenated alkanes) is 1. The minimum absolute atomic E-state index is 0.0123. The van der Waals surface area contributed by atoms with Gasteiger partial charge in [-0.3, -0.25) is 9.69 Å². The first-order chi connectivity index (χ1) is 13.5. The average molecular weight is 424 g/mol. The number of imidazole rings is 1. The van der Waals surface area contributed by atoms with E-state index in [0.717, 1.165) is 42.8 Å². The van der Waals surface area contributed by atoms with Crippen LogP contribution >= 0.6 is 11.3 Å². The van der Waals surface area contributed by atoms with Crippen molar-refractivity contribution in [1.29, 1.82) is 0 Å². The van der Waals surface area contributed by atoms with Crippen LogP contribution in [0.2, 0.25) is 0 Å². The van der Waals surface area contributed by atoms with Gasteiger partial charge in [-0.2, -0.15) is 0 Å². The van der Waals surface area contributed by atoms with Crippen LogP contribution in [0.4, 0.5) is 0 Å². The van der Waals surface area contributed by atoms with Gasteiger partial charge in [-0.1, -0.05) is 26.3 Å². The summed E-state index contributed by atoms with van der Waals surface area (Å²) in [6, 6.07) is 3.81. The number of hydrogen-bond acceptors (Lipinski definition) is 6. The fourth-order valence-corrected chi connectivity index (χ4v) is 5.47. The van der Waals surface area contributed by atoms with Crippen molar-refractivity contribution in [2.45, 2.75) is 57.8 Å². The van der Waals surface area contributed by atoms with E-state index < -0.39 is 9.84 Å². The molecule has 6 nitrogen and oxygen atoms in total. The summed E-state index contributed by atoms with van der Waals surface area (Å²) in [5.41, 5.74) is 0.921.